The van der Waals surface area contributed by atoms with Crippen molar-refractivity contribution >= 4 is 21.4 Å². The summed E-state index contributed by atoms with van der Waals surface area (Å²) >= 11 is 0. The van der Waals surface area contributed by atoms with Gasteiger partial charge in [0.2, 0.25) is 10.0 Å². The maximum Gasteiger partial charge on any atom is 0.295 e. The number of nitrogen functional groups attached to an aromatic ring is 1. The molecule has 1 aromatic rings. The summed E-state index contributed by atoms with van der Waals surface area (Å²) in [7, 11) is -3.99. The minimum absolute atomic E-state index is 0.0231. The monoisotopic (exact) mass is 246 g/mol. The standard InChI is InChI=1S/C7H10N4O4S/c1-4-2-5(10-8)6(11(12)13)3-7(4)16(9,14)15/h2-3,10H,8H2,1H3,(H2,9,14,15). The van der Waals surface area contributed by atoms with Crippen molar-refractivity contribution in [2.24, 2.45) is 11.0 Å². The summed E-state index contributed by atoms with van der Waals surface area (Å²) in [5.74, 6) is 5.08. The van der Waals surface area contributed by atoms with E-state index in [1.54, 1.807) is 0 Å². The number of nitro groups is 1. The van der Waals surface area contributed by atoms with E-state index < -0.39 is 20.6 Å². The molecule has 0 aliphatic rings. The highest BCUT2D eigenvalue weighted by Crippen LogP contribution is 2.29. The molecule has 9 heteroatoms. The number of hydrogen-bond acceptors (Lipinski definition) is 6. The van der Waals surface area contributed by atoms with Crippen LogP contribution in [0.15, 0.2) is 17.0 Å². The van der Waals surface area contributed by atoms with Crippen molar-refractivity contribution in [2.45, 2.75) is 11.8 Å². The van der Waals surface area contributed by atoms with Crippen LogP contribution in [0.5, 0.6) is 0 Å². The van der Waals surface area contributed by atoms with Gasteiger partial charge in [0.05, 0.1) is 9.82 Å². The molecule has 5 N–H and O–H groups in total. The van der Waals surface area contributed by atoms with Gasteiger partial charge in [-0.15, -0.1) is 0 Å². The molecule has 1 rings (SSSR count). The fourth-order valence-corrected chi connectivity index (χ4v) is 2.03. The molecular weight excluding hydrogens is 236 g/mol. The largest absolute Gasteiger partial charge is 0.318 e. The number of benzene rings is 1. The zero-order chi connectivity index (χ0) is 12.5. The molecule has 88 valence electrons. The van der Waals surface area contributed by atoms with Gasteiger partial charge >= 0.3 is 0 Å². The van der Waals surface area contributed by atoms with Gasteiger partial charge in [-0.2, -0.15) is 0 Å². The van der Waals surface area contributed by atoms with Gasteiger partial charge in [0, 0.05) is 6.07 Å². The zero-order valence-corrected chi connectivity index (χ0v) is 9.11. The molecule has 0 saturated heterocycles. The van der Waals surface area contributed by atoms with Crippen LogP contribution in [0.25, 0.3) is 0 Å². The SMILES string of the molecule is Cc1cc(NN)c([N+](=O)[O-])cc1S(N)(=O)=O. The van der Waals surface area contributed by atoms with E-state index in [1.807, 2.05) is 0 Å². The van der Waals surface area contributed by atoms with Crippen molar-refractivity contribution in [2.75, 3.05) is 5.43 Å². The summed E-state index contributed by atoms with van der Waals surface area (Å²) in [6, 6.07) is 2.12. The number of rotatable bonds is 3. The van der Waals surface area contributed by atoms with Gasteiger partial charge in [-0.3, -0.25) is 16.0 Å². The summed E-state index contributed by atoms with van der Waals surface area (Å²) in [6.45, 7) is 1.46. The Hall–Kier alpha value is -1.71. The molecule has 0 aromatic heterocycles. The average Bonchev–Trinajstić information content (AvgIpc) is 2.14. The Balaban J connectivity index is 3.58. The minimum Gasteiger partial charge on any atom is -0.318 e. The molecule has 0 fully saturated rings. The summed E-state index contributed by atoms with van der Waals surface area (Å²) in [4.78, 5) is 9.61. The van der Waals surface area contributed by atoms with Gasteiger partial charge in [0.15, 0.2) is 0 Å². The quantitative estimate of drug-likeness (QED) is 0.384. The second-order valence-electron chi connectivity index (χ2n) is 3.08. The third-order valence-corrected chi connectivity index (χ3v) is 3.00. The maximum absolute atomic E-state index is 11.1. The number of hydrazine groups is 1. The predicted octanol–water partition coefficient (Wildman–Crippen LogP) is -0.164. The first-order valence-corrected chi connectivity index (χ1v) is 5.60. The maximum atomic E-state index is 11.1. The number of primary sulfonamides is 1. The number of hydrogen-bond donors (Lipinski definition) is 3. The van der Waals surface area contributed by atoms with Crippen LogP contribution in [0.3, 0.4) is 0 Å². The van der Waals surface area contributed by atoms with Gasteiger partial charge in [-0.05, 0) is 18.6 Å². The van der Waals surface area contributed by atoms with Gasteiger partial charge in [-0.1, -0.05) is 0 Å². The van der Waals surface area contributed by atoms with Crippen LogP contribution in [-0.4, -0.2) is 13.3 Å². The fourth-order valence-electron chi connectivity index (χ4n) is 1.25. The van der Waals surface area contributed by atoms with E-state index in [2.05, 4.69) is 5.43 Å². The molecule has 0 saturated carbocycles. The van der Waals surface area contributed by atoms with Gasteiger partial charge in [-0.25, -0.2) is 13.6 Å². The average molecular weight is 246 g/mol. The summed E-state index contributed by atoms with van der Waals surface area (Å²) in [6.07, 6.45) is 0. The molecular formula is C7H10N4O4S. The van der Waals surface area contributed by atoms with Gasteiger partial charge < -0.3 is 5.43 Å². The van der Waals surface area contributed by atoms with Crippen molar-refractivity contribution in [1.29, 1.82) is 0 Å². The normalized spacial score (nSPS) is 11.2. The summed E-state index contributed by atoms with van der Waals surface area (Å²) in [5, 5.41) is 15.6. The second kappa shape index (κ2) is 4.04. The van der Waals surface area contributed by atoms with Crippen LogP contribution in [0.4, 0.5) is 11.4 Å². The zero-order valence-electron chi connectivity index (χ0n) is 8.30. The van der Waals surface area contributed by atoms with Crippen LogP contribution in [0.2, 0.25) is 0 Å². The Morgan fingerprint density at radius 2 is 2.00 bits per heavy atom. The van der Waals surface area contributed by atoms with E-state index >= 15 is 0 Å². The highest BCUT2D eigenvalue weighted by Gasteiger charge is 2.21. The Labute approximate surface area is 91.4 Å². The predicted molar refractivity (Wildman–Crippen MR) is 57.0 cm³/mol. The highest BCUT2D eigenvalue weighted by molar-refractivity contribution is 7.89. The number of nitro benzene ring substituents is 1. The first-order chi connectivity index (χ1) is 7.27. The lowest BCUT2D eigenvalue weighted by Gasteiger charge is -2.07. The minimum atomic E-state index is -3.99. The molecule has 16 heavy (non-hydrogen) atoms. The van der Waals surface area contributed by atoms with Crippen LogP contribution in [0, 0.1) is 17.0 Å². The van der Waals surface area contributed by atoms with E-state index in [-0.39, 0.29) is 16.1 Å². The number of sulfonamides is 1. The molecule has 0 aliphatic carbocycles. The molecule has 0 bridgehead atoms. The van der Waals surface area contributed by atoms with E-state index in [0.29, 0.717) is 0 Å². The van der Waals surface area contributed by atoms with Crippen molar-refractivity contribution in [3.8, 4) is 0 Å². The van der Waals surface area contributed by atoms with Crippen LogP contribution in [0.1, 0.15) is 5.56 Å². The number of nitrogens with zero attached hydrogens (tertiary/aromatic N) is 1. The second-order valence-corrected chi connectivity index (χ2v) is 4.61. The number of nitrogens with one attached hydrogen (secondary N) is 1. The van der Waals surface area contributed by atoms with E-state index in [9.17, 15) is 18.5 Å². The number of anilines is 1. The molecule has 0 heterocycles. The lowest BCUT2D eigenvalue weighted by atomic mass is 10.2. The Morgan fingerprint density at radius 3 is 2.38 bits per heavy atom. The molecule has 0 unspecified atom stereocenters. The van der Waals surface area contributed by atoms with Crippen molar-refractivity contribution < 1.29 is 13.3 Å². The lowest BCUT2D eigenvalue weighted by molar-refractivity contribution is -0.384. The van der Waals surface area contributed by atoms with E-state index in [0.717, 1.165) is 6.07 Å². The van der Waals surface area contributed by atoms with Crippen LogP contribution >= 0.6 is 0 Å². The summed E-state index contributed by atoms with van der Waals surface area (Å²) < 4.78 is 22.3. The van der Waals surface area contributed by atoms with E-state index in [4.69, 9.17) is 11.0 Å². The third kappa shape index (κ3) is 2.27. The Kier molecular flexibility index (Phi) is 3.12. The highest BCUT2D eigenvalue weighted by atomic mass is 32.2. The van der Waals surface area contributed by atoms with Gasteiger partial charge in [0.1, 0.15) is 5.69 Å². The first kappa shape index (κ1) is 12.4. The third-order valence-electron chi connectivity index (χ3n) is 1.95. The lowest BCUT2D eigenvalue weighted by Crippen LogP contribution is -2.16. The molecule has 0 aliphatic heterocycles. The Bertz CT molecular complexity index is 540. The van der Waals surface area contributed by atoms with Gasteiger partial charge in [0.25, 0.3) is 5.69 Å². The van der Waals surface area contributed by atoms with E-state index in [1.165, 1.54) is 13.0 Å². The molecule has 1 aromatic carbocycles. The van der Waals surface area contributed by atoms with Crippen molar-refractivity contribution in [1.82, 2.24) is 0 Å². The topological polar surface area (TPSA) is 141 Å². The van der Waals surface area contributed by atoms with Crippen molar-refractivity contribution in [3.05, 3.63) is 27.8 Å². The van der Waals surface area contributed by atoms with Crippen LogP contribution < -0.4 is 16.4 Å². The molecule has 0 spiro atoms. The number of aryl methyl sites for hydroxylation is 1. The molecule has 0 amide bonds. The summed E-state index contributed by atoms with van der Waals surface area (Å²) in [5.41, 5.74) is 1.97. The van der Waals surface area contributed by atoms with Crippen LogP contribution in [-0.2, 0) is 10.0 Å². The Morgan fingerprint density at radius 1 is 1.44 bits per heavy atom. The smallest absolute Gasteiger partial charge is 0.295 e. The fraction of sp³-hybridized carbons (Fsp3) is 0.143. The first-order valence-electron chi connectivity index (χ1n) is 4.06. The van der Waals surface area contributed by atoms with Crippen molar-refractivity contribution in [3.63, 3.8) is 0 Å². The molecule has 0 atom stereocenters. The number of nitrogens with two attached hydrogens (primary N) is 2. The molecule has 8 nitrogen and oxygen atoms in total. The molecule has 0 radical (unpaired) electrons.